The standard InChI is InChI=1S/C6H4BrO2S.Sn.H/c7-5-1-3-6(4-2-5)10(8)9;;/h1-4H;;. The van der Waals surface area contributed by atoms with Gasteiger partial charge in [-0.15, -0.1) is 0 Å². The van der Waals surface area contributed by atoms with Gasteiger partial charge in [-0.05, 0) is 0 Å². The van der Waals surface area contributed by atoms with Crippen LogP contribution < -0.4 is 0 Å². The van der Waals surface area contributed by atoms with Gasteiger partial charge in [0.15, 0.2) is 0 Å². The van der Waals surface area contributed by atoms with Gasteiger partial charge in [0.05, 0.1) is 0 Å². The molecule has 5 heteroatoms. The first-order chi connectivity index (χ1) is 5.00. The van der Waals surface area contributed by atoms with Gasteiger partial charge in [0.1, 0.15) is 0 Å². The SMILES string of the molecule is O=[S](=O)([SnH])c1ccc(Br)cc1. The van der Waals surface area contributed by atoms with Gasteiger partial charge in [-0.1, -0.05) is 0 Å². The molecule has 0 aliphatic heterocycles. The molecule has 0 saturated heterocycles. The van der Waals surface area contributed by atoms with E-state index < -0.39 is 7.02 Å². The Morgan fingerprint density at radius 1 is 1.18 bits per heavy atom. The van der Waals surface area contributed by atoms with Crippen molar-refractivity contribution in [2.45, 2.75) is 4.90 Å². The van der Waals surface area contributed by atoms with Crippen LogP contribution in [0.25, 0.3) is 0 Å². The molecule has 0 fully saturated rings. The van der Waals surface area contributed by atoms with E-state index in [9.17, 15) is 8.42 Å². The van der Waals surface area contributed by atoms with Crippen LogP contribution in [0.5, 0.6) is 0 Å². The number of hydrogen-bond acceptors (Lipinski definition) is 2. The van der Waals surface area contributed by atoms with E-state index >= 15 is 0 Å². The second-order valence-corrected chi connectivity index (χ2v) is 9.79. The van der Waals surface area contributed by atoms with Crippen molar-refractivity contribution in [2.24, 2.45) is 0 Å². The molecule has 0 saturated carbocycles. The monoisotopic (exact) mass is 340 g/mol. The normalized spacial score (nSPS) is 11.5. The van der Waals surface area contributed by atoms with Gasteiger partial charge in [0.2, 0.25) is 0 Å². The summed E-state index contributed by atoms with van der Waals surface area (Å²) in [7, 11) is -2.91. The molecule has 2 radical (unpaired) electrons. The number of halogens is 1. The zero-order valence-corrected chi connectivity index (χ0v) is 11.2. The molecule has 0 bridgehead atoms. The van der Waals surface area contributed by atoms with Crippen LogP contribution in [0.1, 0.15) is 0 Å². The molecule has 1 rings (SSSR count). The third-order valence-corrected chi connectivity index (χ3v) is 4.93. The van der Waals surface area contributed by atoms with Crippen LogP contribution in [0, 0.1) is 0 Å². The van der Waals surface area contributed by atoms with E-state index in [1.165, 1.54) is 0 Å². The van der Waals surface area contributed by atoms with Crippen LogP contribution in [0.3, 0.4) is 0 Å². The van der Waals surface area contributed by atoms with E-state index in [4.69, 9.17) is 0 Å². The fraction of sp³-hybridized carbons (Fsp3) is 0. The van der Waals surface area contributed by atoms with E-state index in [-0.39, 0.29) is 21.1 Å². The molecule has 0 N–H and O–H groups in total. The van der Waals surface area contributed by atoms with E-state index in [1.54, 1.807) is 24.3 Å². The minimum atomic E-state index is -2.91. The maximum absolute atomic E-state index is 11.0. The topological polar surface area (TPSA) is 34.1 Å². The quantitative estimate of drug-likeness (QED) is 0.716. The fourth-order valence-corrected chi connectivity index (χ4v) is 2.75. The van der Waals surface area contributed by atoms with E-state index in [2.05, 4.69) is 15.9 Å². The average molecular weight is 340 g/mol. The van der Waals surface area contributed by atoms with Crippen molar-refractivity contribution in [3.05, 3.63) is 28.7 Å². The van der Waals surface area contributed by atoms with Crippen LogP contribution in [0.4, 0.5) is 0 Å². The molecule has 0 heterocycles. The van der Waals surface area contributed by atoms with Crippen LogP contribution in [-0.2, 0) is 7.02 Å². The second kappa shape index (κ2) is 3.45. The Balaban J connectivity index is 3.20. The minimum absolute atomic E-state index is 0.236. The summed E-state index contributed by atoms with van der Waals surface area (Å²) in [6, 6.07) is 6.65. The number of benzene rings is 1. The van der Waals surface area contributed by atoms with Gasteiger partial charge >= 0.3 is 86.1 Å². The van der Waals surface area contributed by atoms with Gasteiger partial charge in [-0.3, -0.25) is 0 Å². The zero-order valence-electron chi connectivity index (χ0n) is 5.49. The van der Waals surface area contributed by atoms with Crippen molar-refractivity contribution in [3.8, 4) is 0 Å². The van der Waals surface area contributed by atoms with Crippen LogP contribution in [-0.4, -0.2) is 29.6 Å². The molecule has 0 unspecified atom stereocenters. The van der Waals surface area contributed by atoms with E-state index in [1.807, 2.05) is 0 Å². The summed E-state index contributed by atoms with van der Waals surface area (Å²) in [6.07, 6.45) is 0. The molecule has 0 aliphatic rings. The Kier molecular flexibility index (Phi) is 2.99. The zero-order chi connectivity index (χ0) is 8.48. The molecule has 0 aromatic heterocycles. The first-order valence-electron chi connectivity index (χ1n) is 2.78. The predicted molar refractivity (Wildman–Crippen MR) is 48.5 cm³/mol. The summed E-state index contributed by atoms with van der Waals surface area (Å²) in [6.45, 7) is 0. The van der Waals surface area contributed by atoms with Gasteiger partial charge < -0.3 is 0 Å². The third kappa shape index (κ3) is 2.76. The van der Waals surface area contributed by atoms with Crippen molar-refractivity contribution in [1.29, 1.82) is 0 Å². The first kappa shape index (κ1) is 9.54. The van der Waals surface area contributed by atoms with Crippen molar-refractivity contribution in [2.75, 3.05) is 0 Å². The molecule has 0 amide bonds. The molecular formula is C6H5BrO2SSn. The summed E-state index contributed by atoms with van der Waals surface area (Å²) >= 11 is 3.46. The van der Waals surface area contributed by atoms with Gasteiger partial charge in [-0.25, -0.2) is 0 Å². The van der Waals surface area contributed by atoms with Crippen molar-refractivity contribution >= 4 is 44.1 Å². The molecule has 1 aromatic rings. The van der Waals surface area contributed by atoms with Gasteiger partial charge in [0.25, 0.3) is 0 Å². The average Bonchev–Trinajstić information content (AvgIpc) is 1.86. The number of rotatable bonds is 1. The van der Waals surface area contributed by atoms with Crippen LogP contribution in [0.15, 0.2) is 33.6 Å². The Morgan fingerprint density at radius 2 is 1.64 bits per heavy atom. The first-order valence-corrected chi connectivity index (χ1v) is 9.16. The maximum atomic E-state index is 11.0. The molecular weight excluding hydrogens is 335 g/mol. The molecule has 0 aliphatic carbocycles. The van der Waals surface area contributed by atoms with Crippen LogP contribution >= 0.6 is 15.9 Å². The summed E-state index contributed by atoms with van der Waals surface area (Å²) in [5.41, 5.74) is 0. The Labute approximate surface area is 85.6 Å². The van der Waals surface area contributed by atoms with Gasteiger partial charge in [-0.2, -0.15) is 0 Å². The van der Waals surface area contributed by atoms with Crippen molar-refractivity contribution < 1.29 is 8.42 Å². The fourth-order valence-electron chi connectivity index (χ4n) is 0.624. The molecule has 2 nitrogen and oxygen atoms in total. The summed E-state index contributed by atoms with van der Waals surface area (Å²) < 4.78 is 22.9. The number of hydrogen-bond donors (Lipinski definition) is 0. The van der Waals surface area contributed by atoms with Crippen molar-refractivity contribution in [1.82, 2.24) is 0 Å². The molecule has 1 aromatic carbocycles. The van der Waals surface area contributed by atoms with Gasteiger partial charge in [0, 0.05) is 0 Å². The Morgan fingerprint density at radius 3 is 2.00 bits per heavy atom. The predicted octanol–water partition coefficient (Wildman–Crippen LogP) is 1.04. The Hall–Kier alpha value is 0.449. The summed E-state index contributed by atoms with van der Waals surface area (Å²) in [4.78, 5) is 0.406. The molecule has 0 atom stereocenters. The van der Waals surface area contributed by atoms with Crippen LogP contribution in [0.2, 0.25) is 0 Å². The van der Waals surface area contributed by atoms with Crippen molar-refractivity contribution in [3.63, 3.8) is 0 Å². The summed E-state index contributed by atoms with van der Waals surface area (Å²) in [5, 5.41) is 0. The van der Waals surface area contributed by atoms with E-state index in [0.29, 0.717) is 4.90 Å². The molecule has 58 valence electrons. The third-order valence-electron chi connectivity index (χ3n) is 1.14. The summed E-state index contributed by atoms with van der Waals surface area (Å²) in [5.74, 6) is 0. The van der Waals surface area contributed by atoms with E-state index in [0.717, 1.165) is 4.47 Å². The molecule has 0 spiro atoms. The molecule has 11 heavy (non-hydrogen) atoms. The Bertz CT molecular complexity index is 343. The second-order valence-electron chi connectivity index (χ2n) is 2.00.